The van der Waals surface area contributed by atoms with Crippen LogP contribution in [-0.2, 0) is 0 Å². The lowest BCUT2D eigenvalue weighted by Gasteiger charge is -2.47. The first-order chi connectivity index (χ1) is 14.2. The first-order valence-electron chi connectivity index (χ1n) is 13.7. The average Bonchev–Trinajstić information content (AvgIpc) is 2.77. The van der Waals surface area contributed by atoms with Gasteiger partial charge in [-0.2, -0.15) is 0 Å². The molecular weight excluding hydrogens is 367 g/mol. The molecule has 5 unspecified atom stereocenters. The van der Waals surface area contributed by atoms with E-state index in [-0.39, 0.29) is 7.92 Å². The predicted octanol–water partition coefficient (Wildman–Crippen LogP) is 9.32. The van der Waals surface area contributed by atoms with Gasteiger partial charge in [0.15, 0.2) is 0 Å². The Bertz CT molecular complexity index is 480. The van der Waals surface area contributed by atoms with Crippen molar-refractivity contribution in [2.75, 3.05) is 0 Å². The molecule has 0 saturated heterocycles. The summed E-state index contributed by atoms with van der Waals surface area (Å²) in [4.78, 5) is 0. The molecule has 0 spiro atoms. The smallest absolute Gasteiger partial charge is 0.0141 e. The van der Waals surface area contributed by atoms with Crippen molar-refractivity contribution < 1.29 is 0 Å². The van der Waals surface area contributed by atoms with Crippen LogP contribution in [0.15, 0.2) is 12.2 Å². The van der Waals surface area contributed by atoms with Crippen molar-refractivity contribution in [2.45, 2.75) is 140 Å². The molecule has 5 atom stereocenters. The average molecular weight is 417 g/mol. The number of hydrogen-bond acceptors (Lipinski definition) is 0. The molecule has 0 aromatic heterocycles. The van der Waals surface area contributed by atoms with Crippen LogP contribution in [-0.4, -0.2) is 17.0 Å². The number of allylic oxidation sites excluding steroid dienone is 2. The summed E-state index contributed by atoms with van der Waals surface area (Å²) in [7, 11) is 0.245. The van der Waals surface area contributed by atoms with E-state index in [0.29, 0.717) is 0 Å². The van der Waals surface area contributed by atoms with Gasteiger partial charge < -0.3 is 0 Å². The summed E-state index contributed by atoms with van der Waals surface area (Å²) in [6, 6.07) is 0. The molecule has 4 aliphatic carbocycles. The second-order valence-corrected chi connectivity index (χ2v) is 14.5. The Balaban J connectivity index is 1.50. The third-order valence-corrected chi connectivity index (χ3v) is 13.4. The van der Waals surface area contributed by atoms with Crippen LogP contribution in [0.2, 0.25) is 0 Å². The Labute approximate surface area is 183 Å². The first-order valence-corrected chi connectivity index (χ1v) is 15.2. The third kappa shape index (κ3) is 5.90. The molecular formula is C28H49P. The quantitative estimate of drug-likeness (QED) is 0.309. The zero-order valence-electron chi connectivity index (χ0n) is 19.7. The van der Waals surface area contributed by atoms with Crippen LogP contribution in [0.5, 0.6) is 0 Å². The summed E-state index contributed by atoms with van der Waals surface area (Å²) in [6.45, 7) is 5.01. The lowest BCUT2D eigenvalue weighted by atomic mass is 9.75. The Morgan fingerprint density at radius 2 is 1.10 bits per heavy atom. The lowest BCUT2D eigenvalue weighted by molar-refractivity contribution is 0.243. The Morgan fingerprint density at radius 3 is 1.76 bits per heavy atom. The van der Waals surface area contributed by atoms with Crippen molar-refractivity contribution in [1.29, 1.82) is 0 Å². The van der Waals surface area contributed by atoms with Gasteiger partial charge in [0, 0.05) is 0 Å². The van der Waals surface area contributed by atoms with E-state index in [0.717, 1.165) is 40.6 Å². The summed E-state index contributed by atoms with van der Waals surface area (Å²) in [5.74, 6) is 3.67. The molecule has 0 amide bonds. The first kappa shape index (κ1) is 22.4. The van der Waals surface area contributed by atoms with Crippen LogP contribution in [0.3, 0.4) is 0 Å². The predicted molar refractivity (Wildman–Crippen MR) is 131 cm³/mol. The summed E-state index contributed by atoms with van der Waals surface area (Å²) in [5, 5.41) is 0. The van der Waals surface area contributed by atoms with Gasteiger partial charge in [0.05, 0.1) is 0 Å². The van der Waals surface area contributed by atoms with E-state index in [9.17, 15) is 0 Å². The molecule has 0 bridgehead atoms. The highest BCUT2D eigenvalue weighted by Gasteiger charge is 2.40. The topological polar surface area (TPSA) is 0 Å². The highest BCUT2D eigenvalue weighted by Crippen LogP contribution is 2.63. The Morgan fingerprint density at radius 1 is 0.552 bits per heavy atom. The van der Waals surface area contributed by atoms with Crippen molar-refractivity contribution in [3.05, 3.63) is 12.2 Å². The van der Waals surface area contributed by atoms with Crippen molar-refractivity contribution in [2.24, 2.45) is 23.7 Å². The molecule has 166 valence electrons. The third-order valence-electron chi connectivity index (χ3n) is 9.28. The number of hydrogen-bond donors (Lipinski definition) is 0. The van der Waals surface area contributed by atoms with Crippen LogP contribution in [0, 0.1) is 23.7 Å². The number of rotatable bonds is 5. The van der Waals surface area contributed by atoms with Gasteiger partial charge in [0.1, 0.15) is 0 Å². The van der Waals surface area contributed by atoms with Crippen LogP contribution < -0.4 is 0 Å². The van der Waals surface area contributed by atoms with Crippen molar-refractivity contribution in [3.63, 3.8) is 0 Å². The minimum Gasteiger partial charge on any atom is -0.0966 e. The standard InChI is InChI=1S/C28H49P/c1-22-17-18-23(2)25(21-22)20-19-24-11-9-10-16-28(24)29(26-12-5-3-6-13-26)27-14-7-4-8-15-27/h19-20,22-28H,3-18,21H2,1-2H3/b20-19+. The minimum atomic E-state index is 0.245. The van der Waals surface area contributed by atoms with Crippen molar-refractivity contribution >= 4 is 7.92 Å². The molecule has 1 heteroatoms. The molecule has 4 saturated carbocycles. The van der Waals surface area contributed by atoms with Crippen molar-refractivity contribution in [1.82, 2.24) is 0 Å². The molecule has 0 aliphatic heterocycles. The molecule has 0 aromatic rings. The minimum absolute atomic E-state index is 0.245. The van der Waals surface area contributed by atoms with E-state index in [2.05, 4.69) is 26.0 Å². The van der Waals surface area contributed by atoms with E-state index in [1.807, 2.05) is 0 Å². The summed E-state index contributed by atoms with van der Waals surface area (Å²) in [6.07, 6.45) is 31.6. The van der Waals surface area contributed by atoms with Gasteiger partial charge in [0.2, 0.25) is 0 Å². The maximum absolute atomic E-state index is 2.81. The fourth-order valence-corrected chi connectivity index (χ4v) is 12.2. The maximum atomic E-state index is 2.81. The summed E-state index contributed by atoms with van der Waals surface area (Å²) < 4.78 is 0. The maximum Gasteiger partial charge on any atom is -0.0141 e. The van der Waals surface area contributed by atoms with Gasteiger partial charge in [-0.1, -0.05) is 91.7 Å². The van der Waals surface area contributed by atoms with E-state index >= 15 is 0 Å². The van der Waals surface area contributed by atoms with E-state index in [1.165, 1.54) is 51.4 Å². The van der Waals surface area contributed by atoms with E-state index < -0.39 is 0 Å². The molecule has 0 radical (unpaired) electrons. The molecule has 0 N–H and O–H groups in total. The highest BCUT2D eigenvalue weighted by molar-refractivity contribution is 7.60. The Hall–Kier alpha value is 0.170. The monoisotopic (exact) mass is 416 g/mol. The second-order valence-electron chi connectivity index (χ2n) is 11.5. The second kappa shape index (κ2) is 11.2. The van der Waals surface area contributed by atoms with Gasteiger partial charge in [-0.15, -0.1) is 0 Å². The molecule has 4 fully saturated rings. The zero-order chi connectivity index (χ0) is 20.1. The van der Waals surface area contributed by atoms with E-state index in [4.69, 9.17) is 0 Å². The van der Waals surface area contributed by atoms with Gasteiger partial charge in [0.25, 0.3) is 0 Å². The fourth-order valence-electron chi connectivity index (χ4n) is 7.46. The molecule has 0 heterocycles. The van der Waals surface area contributed by atoms with Crippen LogP contribution in [0.4, 0.5) is 0 Å². The highest BCUT2D eigenvalue weighted by atomic mass is 31.1. The SMILES string of the molecule is CC1CCC(C)C(/C=C/C2CCCCC2P(C2CCCCC2)C2CCCCC2)C1. The van der Waals surface area contributed by atoms with Gasteiger partial charge in [-0.3, -0.25) is 0 Å². The van der Waals surface area contributed by atoms with Gasteiger partial charge >= 0.3 is 0 Å². The van der Waals surface area contributed by atoms with E-state index in [1.54, 1.807) is 57.8 Å². The summed E-state index contributed by atoms with van der Waals surface area (Å²) >= 11 is 0. The van der Waals surface area contributed by atoms with Crippen LogP contribution in [0.25, 0.3) is 0 Å². The largest absolute Gasteiger partial charge is 0.0966 e. The molecule has 4 aliphatic rings. The summed E-state index contributed by atoms with van der Waals surface area (Å²) in [5.41, 5.74) is 3.35. The molecule has 0 aromatic carbocycles. The molecule has 29 heavy (non-hydrogen) atoms. The van der Waals surface area contributed by atoms with Gasteiger partial charge in [-0.05, 0) is 92.0 Å². The van der Waals surface area contributed by atoms with Gasteiger partial charge in [-0.25, -0.2) is 0 Å². The van der Waals surface area contributed by atoms with Crippen LogP contribution >= 0.6 is 7.92 Å². The molecule has 0 nitrogen and oxygen atoms in total. The van der Waals surface area contributed by atoms with Crippen molar-refractivity contribution in [3.8, 4) is 0 Å². The molecule has 4 rings (SSSR count). The normalized spacial score (nSPS) is 38.7. The zero-order valence-corrected chi connectivity index (χ0v) is 20.6. The fraction of sp³-hybridized carbons (Fsp3) is 0.929. The lowest BCUT2D eigenvalue weighted by Crippen LogP contribution is -2.32. The van der Waals surface area contributed by atoms with Crippen LogP contribution in [0.1, 0.15) is 123 Å². The Kier molecular flexibility index (Phi) is 8.61.